The largest absolute Gasteiger partial charge is 0.314 e. The molecule has 0 N–H and O–H groups in total. The molecule has 22 heavy (non-hydrogen) atoms. The highest BCUT2D eigenvalue weighted by atomic mass is 16.2. The van der Waals surface area contributed by atoms with Crippen molar-refractivity contribution in [2.75, 3.05) is 11.9 Å². The highest BCUT2D eigenvalue weighted by Crippen LogP contribution is 2.60. The molecule has 3 nitrogen and oxygen atoms in total. The van der Waals surface area contributed by atoms with E-state index in [0.29, 0.717) is 0 Å². The topological polar surface area (TPSA) is 33.2 Å². The standard InChI is InChI=1S/C19H20N2O/c1-21(15-8-5-11-20-13-15)18(22)17-12-19(17)10-4-7-14-6-2-3-9-16(14)19/h2-3,5-6,8-9,11,13,17H,4,7,10,12H2,1H3/t17-,19+/m1/s1. The molecule has 1 spiro atoms. The first-order valence-electron chi connectivity index (χ1n) is 7.98. The lowest BCUT2D eigenvalue weighted by molar-refractivity contribution is -0.120. The van der Waals surface area contributed by atoms with Crippen LogP contribution in [0.15, 0.2) is 48.8 Å². The van der Waals surface area contributed by atoms with Crippen LogP contribution in [-0.4, -0.2) is 17.9 Å². The molecule has 0 bridgehead atoms. The van der Waals surface area contributed by atoms with Gasteiger partial charge in [0.25, 0.3) is 0 Å². The third-order valence-corrected chi connectivity index (χ3v) is 5.36. The minimum absolute atomic E-state index is 0.0996. The van der Waals surface area contributed by atoms with Crippen molar-refractivity contribution in [3.05, 3.63) is 59.9 Å². The fourth-order valence-corrected chi connectivity index (χ4v) is 4.07. The van der Waals surface area contributed by atoms with Crippen LogP contribution in [0.1, 0.15) is 30.4 Å². The van der Waals surface area contributed by atoms with Gasteiger partial charge in [-0.05, 0) is 48.9 Å². The van der Waals surface area contributed by atoms with Crippen LogP contribution in [0, 0.1) is 5.92 Å². The Balaban J connectivity index is 1.61. The molecule has 1 aromatic heterocycles. The van der Waals surface area contributed by atoms with Crippen LogP contribution in [0.5, 0.6) is 0 Å². The summed E-state index contributed by atoms with van der Waals surface area (Å²) >= 11 is 0. The van der Waals surface area contributed by atoms with Crippen molar-refractivity contribution in [2.24, 2.45) is 5.92 Å². The van der Waals surface area contributed by atoms with Gasteiger partial charge >= 0.3 is 0 Å². The second-order valence-electron chi connectivity index (χ2n) is 6.53. The van der Waals surface area contributed by atoms with E-state index in [1.807, 2.05) is 19.2 Å². The van der Waals surface area contributed by atoms with E-state index in [1.54, 1.807) is 17.3 Å². The van der Waals surface area contributed by atoms with Gasteiger partial charge in [-0.2, -0.15) is 0 Å². The van der Waals surface area contributed by atoms with Crippen LogP contribution in [0.25, 0.3) is 0 Å². The average molecular weight is 292 g/mol. The maximum absolute atomic E-state index is 12.9. The van der Waals surface area contributed by atoms with Gasteiger partial charge in [0.05, 0.1) is 11.9 Å². The van der Waals surface area contributed by atoms with Crippen LogP contribution in [0.4, 0.5) is 5.69 Å². The molecule has 0 radical (unpaired) electrons. The third-order valence-electron chi connectivity index (χ3n) is 5.36. The van der Waals surface area contributed by atoms with E-state index in [4.69, 9.17) is 0 Å². The fraction of sp³-hybridized carbons (Fsp3) is 0.368. The van der Waals surface area contributed by atoms with Crippen molar-refractivity contribution in [1.82, 2.24) is 4.98 Å². The Morgan fingerprint density at radius 1 is 1.27 bits per heavy atom. The number of benzene rings is 1. The summed E-state index contributed by atoms with van der Waals surface area (Å²) in [4.78, 5) is 18.8. The maximum Gasteiger partial charge on any atom is 0.230 e. The van der Waals surface area contributed by atoms with E-state index in [1.165, 1.54) is 17.5 Å². The SMILES string of the molecule is CN(C(=O)[C@H]1C[C@]12CCCc1ccccc12)c1cccnc1. The zero-order chi connectivity index (χ0) is 15.2. The van der Waals surface area contributed by atoms with Crippen LogP contribution in [0.3, 0.4) is 0 Å². The summed E-state index contributed by atoms with van der Waals surface area (Å²) in [5, 5.41) is 0. The van der Waals surface area contributed by atoms with Gasteiger partial charge in [0, 0.05) is 24.6 Å². The molecule has 2 aromatic rings. The van der Waals surface area contributed by atoms with Crippen molar-refractivity contribution in [1.29, 1.82) is 0 Å². The summed E-state index contributed by atoms with van der Waals surface area (Å²) in [6, 6.07) is 12.5. The first-order chi connectivity index (χ1) is 10.7. The highest BCUT2D eigenvalue weighted by molar-refractivity contribution is 5.97. The Morgan fingerprint density at radius 3 is 2.95 bits per heavy atom. The Hall–Kier alpha value is -2.16. The lowest BCUT2D eigenvalue weighted by atomic mass is 9.78. The predicted octanol–water partition coefficient (Wildman–Crippen LogP) is 3.34. The monoisotopic (exact) mass is 292 g/mol. The van der Waals surface area contributed by atoms with E-state index >= 15 is 0 Å². The molecule has 3 heteroatoms. The molecule has 2 aliphatic rings. The summed E-state index contributed by atoms with van der Waals surface area (Å²) in [5.74, 6) is 0.351. The van der Waals surface area contributed by atoms with Crippen LogP contribution >= 0.6 is 0 Å². The van der Waals surface area contributed by atoms with Gasteiger partial charge < -0.3 is 4.90 Å². The molecule has 1 saturated carbocycles. The number of aryl methyl sites for hydroxylation is 1. The lowest BCUT2D eigenvalue weighted by Gasteiger charge is -2.27. The molecule has 1 aromatic carbocycles. The number of rotatable bonds is 2. The number of fused-ring (bicyclic) bond motifs is 2. The number of hydrogen-bond donors (Lipinski definition) is 0. The maximum atomic E-state index is 12.9. The number of carbonyl (C=O) groups is 1. The Labute approximate surface area is 131 Å². The highest BCUT2D eigenvalue weighted by Gasteiger charge is 2.60. The van der Waals surface area contributed by atoms with E-state index in [2.05, 4.69) is 29.2 Å². The molecule has 1 heterocycles. The number of hydrogen-bond acceptors (Lipinski definition) is 2. The third kappa shape index (κ3) is 1.96. The molecular formula is C19H20N2O. The summed E-state index contributed by atoms with van der Waals surface area (Å²) in [7, 11) is 1.86. The van der Waals surface area contributed by atoms with Gasteiger partial charge in [0.2, 0.25) is 5.91 Å². The molecule has 4 rings (SSSR count). The summed E-state index contributed by atoms with van der Waals surface area (Å²) in [6.07, 6.45) is 7.96. The molecule has 1 amide bonds. The number of aromatic nitrogens is 1. The quantitative estimate of drug-likeness (QED) is 0.850. The van der Waals surface area contributed by atoms with Crippen molar-refractivity contribution in [3.8, 4) is 0 Å². The van der Waals surface area contributed by atoms with Crippen molar-refractivity contribution < 1.29 is 4.79 Å². The molecule has 0 unspecified atom stereocenters. The average Bonchev–Trinajstić information content (AvgIpc) is 3.29. The normalized spacial score (nSPS) is 25.6. The molecule has 112 valence electrons. The lowest BCUT2D eigenvalue weighted by Crippen LogP contribution is -2.32. The zero-order valence-electron chi connectivity index (χ0n) is 12.8. The zero-order valence-corrected chi connectivity index (χ0v) is 12.8. The Bertz CT molecular complexity index is 712. The van der Waals surface area contributed by atoms with Gasteiger partial charge in [-0.25, -0.2) is 0 Å². The number of anilines is 1. The first kappa shape index (κ1) is 13.5. The van der Waals surface area contributed by atoms with Crippen molar-refractivity contribution >= 4 is 11.6 Å². The van der Waals surface area contributed by atoms with Gasteiger partial charge in [-0.3, -0.25) is 9.78 Å². The van der Waals surface area contributed by atoms with E-state index in [9.17, 15) is 4.79 Å². The van der Waals surface area contributed by atoms with Gasteiger partial charge in [-0.15, -0.1) is 0 Å². The first-order valence-corrected chi connectivity index (χ1v) is 7.98. The van der Waals surface area contributed by atoms with Gasteiger partial charge in [-0.1, -0.05) is 24.3 Å². The molecule has 2 atom stereocenters. The minimum atomic E-state index is 0.0996. The van der Waals surface area contributed by atoms with E-state index in [0.717, 1.165) is 24.9 Å². The summed E-state index contributed by atoms with van der Waals surface area (Å²) in [5.41, 5.74) is 3.83. The molecular weight excluding hydrogens is 272 g/mol. The number of amides is 1. The number of carbonyl (C=O) groups excluding carboxylic acids is 1. The number of pyridine rings is 1. The molecule has 0 saturated heterocycles. The van der Waals surface area contributed by atoms with Crippen LogP contribution < -0.4 is 4.90 Å². The van der Waals surface area contributed by atoms with Crippen LogP contribution in [0.2, 0.25) is 0 Å². The predicted molar refractivity (Wildman–Crippen MR) is 86.8 cm³/mol. The summed E-state index contributed by atoms with van der Waals surface area (Å²) in [6.45, 7) is 0. The Kier molecular flexibility index (Phi) is 3.03. The summed E-state index contributed by atoms with van der Waals surface area (Å²) < 4.78 is 0. The fourth-order valence-electron chi connectivity index (χ4n) is 4.07. The van der Waals surface area contributed by atoms with E-state index < -0.39 is 0 Å². The second-order valence-corrected chi connectivity index (χ2v) is 6.53. The number of nitrogens with zero attached hydrogens (tertiary/aromatic N) is 2. The van der Waals surface area contributed by atoms with Crippen molar-refractivity contribution in [2.45, 2.75) is 31.1 Å². The van der Waals surface area contributed by atoms with Crippen LogP contribution in [-0.2, 0) is 16.6 Å². The van der Waals surface area contributed by atoms with Gasteiger partial charge in [0.15, 0.2) is 0 Å². The smallest absolute Gasteiger partial charge is 0.230 e. The van der Waals surface area contributed by atoms with Gasteiger partial charge in [0.1, 0.15) is 0 Å². The molecule has 1 fully saturated rings. The molecule has 2 aliphatic carbocycles. The van der Waals surface area contributed by atoms with E-state index in [-0.39, 0.29) is 17.2 Å². The Morgan fingerprint density at radius 2 is 2.14 bits per heavy atom. The van der Waals surface area contributed by atoms with Crippen molar-refractivity contribution in [3.63, 3.8) is 0 Å². The second kappa shape index (κ2) is 4.94. The minimum Gasteiger partial charge on any atom is -0.314 e. The molecule has 0 aliphatic heterocycles.